The molecule has 2 rings (SSSR count). The molecule has 0 saturated heterocycles. The lowest BCUT2D eigenvalue weighted by Gasteiger charge is -2.03. The molecule has 2 aromatic carbocycles. The van der Waals surface area contributed by atoms with Gasteiger partial charge in [-0.05, 0) is 18.2 Å². The number of benzene rings is 2. The molecule has 0 spiro atoms. The Kier molecular flexibility index (Phi) is 3.95. The zero-order valence-electron chi connectivity index (χ0n) is 10.2. The maximum atomic E-state index is 13.3. The third-order valence-corrected chi connectivity index (χ3v) is 2.50. The molecule has 0 aliphatic rings. The summed E-state index contributed by atoms with van der Waals surface area (Å²) in [4.78, 5) is 11.7. The largest absolute Gasteiger partial charge is 0.508 e. The summed E-state index contributed by atoms with van der Waals surface area (Å²) >= 11 is 0. The van der Waals surface area contributed by atoms with Gasteiger partial charge in [0.2, 0.25) is 0 Å². The molecule has 0 atom stereocenters. The Morgan fingerprint density at radius 2 is 1.95 bits per heavy atom. The fourth-order valence-electron chi connectivity index (χ4n) is 1.51. The topological polar surface area (TPSA) is 81.9 Å². The Morgan fingerprint density at radius 1 is 1.20 bits per heavy atom. The van der Waals surface area contributed by atoms with Crippen molar-refractivity contribution in [1.82, 2.24) is 5.43 Å². The van der Waals surface area contributed by atoms with Gasteiger partial charge >= 0.3 is 0 Å². The standard InChI is InChI=1S/C14H11FN2O3/c15-12-4-2-1-3-9(12)8-16-17-14(20)11-6-5-10(18)7-13(11)19/h1-8,18-19H,(H,17,20)/b16-8-. The van der Waals surface area contributed by atoms with E-state index in [1.165, 1.54) is 24.3 Å². The molecule has 6 heteroatoms. The van der Waals surface area contributed by atoms with Crippen molar-refractivity contribution in [1.29, 1.82) is 0 Å². The van der Waals surface area contributed by atoms with Gasteiger partial charge in [0.1, 0.15) is 17.3 Å². The summed E-state index contributed by atoms with van der Waals surface area (Å²) in [5.74, 6) is -1.66. The van der Waals surface area contributed by atoms with Crippen LogP contribution >= 0.6 is 0 Å². The predicted molar refractivity (Wildman–Crippen MR) is 71.2 cm³/mol. The van der Waals surface area contributed by atoms with Gasteiger partial charge in [-0.2, -0.15) is 5.10 Å². The van der Waals surface area contributed by atoms with Gasteiger partial charge in [0.15, 0.2) is 0 Å². The number of phenolic OH excluding ortho intramolecular Hbond substituents is 2. The maximum absolute atomic E-state index is 13.3. The Labute approximate surface area is 114 Å². The van der Waals surface area contributed by atoms with Gasteiger partial charge in [-0.3, -0.25) is 4.79 Å². The molecule has 102 valence electrons. The second-order valence-electron chi connectivity index (χ2n) is 3.92. The molecule has 0 bridgehead atoms. The molecular weight excluding hydrogens is 263 g/mol. The summed E-state index contributed by atoms with van der Waals surface area (Å²) in [6, 6.07) is 9.50. The van der Waals surface area contributed by atoms with Crippen LogP contribution < -0.4 is 5.43 Å². The van der Waals surface area contributed by atoms with Crippen LogP contribution in [0.25, 0.3) is 0 Å². The van der Waals surface area contributed by atoms with Crippen molar-refractivity contribution < 1.29 is 19.4 Å². The molecule has 5 nitrogen and oxygen atoms in total. The molecule has 0 aliphatic heterocycles. The maximum Gasteiger partial charge on any atom is 0.275 e. The fourth-order valence-corrected chi connectivity index (χ4v) is 1.51. The summed E-state index contributed by atoms with van der Waals surface area (Å²) in [6.07, 6.45) is 1.16. The Bertz CT molecular complexity index is 671. The summed E-state index contributed by atoms with van der Waals surface area (Å²) in [6.45, 7) is 0. The van der Waals surface area contributed by atoms with Crippen molar-refractivity contribution in [3.05, 3.63) is 59.4 Å². The second-order valence-corrected chi connectivity index (χ2v) is 3.92. The number of hydrazone groups is 1. The lowest BCUT2D eigenvalue weighted by atomic mass is 10.2. The van der Waals surface area contributed by atoms with E-state index in [0.717, 1.165) is 12.3 Å². The van der Waals surface area contributed by atoms with E-state index in [2.05, 4.69) is 10.5 Å². The van der Waals surface area contributed by atoms with Crippen molar-refractivity contribution in [2.24, 2.45) is 5.10 Å². The van der Waals surface area contributed by atoms with Gasteiger partial charge in [-0.15, -0.1) is 0 Å². The highest BCUT2D eigenvalue weighted by Gasteiger charge is 2.10. The number of hydrogen-bond acceptors (Lipinski definition) is 4. The summed E-state index contributed by atoms with van der Waals surface area (Å²) < 4.78 is 13.3. The van der Waals surface area contributed by atoms with E-state index in [1.807, 2.05) is 0 Å². The van der Waals surface area contributed by atoms with Gasteiger partial charge < -0.3 is 10.2 Å². The van der Waals surface area contributed by atoms with Gasteiger partial charge in [-0.25, -0.2) is 9.82 Å². The molecule has 2 aromatic rings. The summed E-state index contributed by atoms with van der Waals surface area (Å²) in [7, 11) is 0. The zero-order valence-corrected chi connectivity index (χ0v) is 10.2. The summed E-state index contributed by atoms with van der Waals surface area (Å²) in [5, 5.41) is 22.2. The van der Waals surface area contributed by atoms with Crippen LogP contribution in [0.1, 0.15) is 15.9 Å². The highest BCUT2D eigenvalue weighted by atomic mass is 19.1. The molecule has 0 saturated carbocycles. The average molecular weight is 274 g/mol. The number of phenols is 2. The number of hydrogen-bond donors (Lipinski definition) is 3. The van der Waals surface area contributed by atoms with Crippen molar-refractivity contribution in [3.63, 3.8) is 0 Å². The quantitative estimate of drug-likeness (QED) is 0.591. The number of carbonyl (C=O) groups is 1. The number of aromatic hydroxyl groups is 2. The molecule has 1 amide bonds. The highest BCUT2D eigenvalue weighted by Crippen LogP contribution is 2.22. The van der Waals surface area contributed by atoms with E-state index in [9.17, 15) is 14.3 Å². The minimum absolute atomic E-state index is 0.0477. The number of nitrogens with one attached hydrogen (secondary N) is 1. The van der Waals surface area contributed by atoms with Crippen LogP contribution in [-0.4, -0.2) is 22.3 Å². The fraction of sp³-hybridized carbons (Fsp3) is 0. The van der Waals surface area contributed by atoms with Crippen LogP contribution in [0.3, 0.4) is 0 Å². The SMILES string of the molecule is O=C(N/N=C\c1ccccc1F)c1ccc(O)cc1O. The summed E-state index contributed by atoms with van der Waals surface area (Å²) in [5.41, 5.74) is 2.33. The monoisotopic (exact) mass is 274 g/mol. The Balaban J connectivity index is 2.07. The molecule has 0 aliphatic carbocycles. The Morgan fingerprint density at radius 3 is 2.65 bits per heavy atom. The number of amides is 1. The molecule has 3 N–H and O–H groups in total. The van der Waals surface area contributed by atoms with E-state index in [1.54, 1.807) is 12.1 Å². The van der Waals surface area contributed by atoms with E-state index in [-0.39, 0.29) is 22.6 Å². The van der Waals surface area contributed by atoms with E-state index >= 15 is 0 Å². The minimum atomic E-state index is -0.671. The van der Waals surface area contributed by atoms with E-state index < -0.39 is 11.7 Å². The van der Waals surface area contributed by atoms with Crippen LogP contribution in [0.4, 0.5) is 4.39 Å². The third kappa shape index (κ3) is 3.11. The van der Waals surface area contributed by atoms with Crippen molar-refractivity contribution in [2.75, 3.05) is 0 Å². The van der Waals surface area contributed by atoms with Crippen LogP contribution in [0, 0.1) is 5.82 Å². The molecule has 20 heavy (non-hydrogen) atoms. The predicted octanol–water partition coefficient (Wildman–Crippen LogP) is 2.00. The molecule has 0 aromatic heterocycles. The first-order valence-electron chi connectivity index (χ1n) is 5.68. The van der Waals surface area contributed by atoms with Gasteiger partial charge in [0.25, 0.3) is 5.91 Å². The zero-order chi connectivity index (χ0) is 14.5. The lowest BCUT2D eigenvalue weighted by molar-refractivity contribution is 0.0952. The first-order valence-corrected chi connectivity index (χ1v) is 5.68. The average Bonchev–Trinajstić information content (AvgIpc) is 2.40. The number of carbonyl (C=O) groups excluding carboxylic acids is 1. The highest BCUT2D eigenvalue weighted by molar-refractivity contribution is 5.97. The molecule has 0 unspecified atom stereocenters. The van der Waals surface area contributed by atoms with E-state index in [4.69, 9.17) is 5.11 Å². The number of halogens is 1. The van der Waals surface area contributed by atoms with Gasteiger partial charge in [0.05, 0.1) is 11.8 Å². The number of rotatable bonds is 3. The normalized spacial score (nSPS) is 10.7. The minimum Gasteiger partial charge on any atom is -0.508 e. The smallest absolute Gasteiger partial charge is 0.275 e. The molecule has 0 heterocycles. The van der Waals surface area contributed by atoms with Crippen molar-refractivity contribution in [2.45, 2.75) is 0 Å². The van der Waals surface area contributed by atoms with Crippen molar-refractivity contribution >= 4 is 12.1 Å². The van der Waals surface area contributed by atoms with Crippen LogP contribution in [0.5, 0.6) is 11.5 Å². The van der Waals surface area contributed by atoms with Gasteiger partial charge in [0, 0.05) is 11.6 Å². The van der Waals surface area contributed by atoms with Crippen LogP contribution in [-0.2, 0) is 0 Å². The molecule has 0 radical (unpaired) electrons. The van der Waals surface area contributed by atoms with Crippen LogP contribution in [0.15, 0.2) is 47.6 Å². The van der Waals surface area contributed by atoms with E-state index in [0.29, 0.717) is 0 Å². The molecular formula is C14H11FN2O3. The number of nitrogens with zero attached hydrogens (tertiary/aromatic N) is 1. The lowest BCUT2D eigenvalue weighted by Crippen LogP contribution is -2.17. The Hall–Kier alpha value is -2.89. The third-order valence-electron chi connectivity index (χ3n) is 2.50. The molecule has 0 fully saturated rings. The van der Waals surface area contributed by atoms with Crippen molar-refractivity contribution in [3.8, 4) is 11.5 Å². The van der Waals surface area contributed by atoms with Crippen LogP contribution in [0.2, 0.25) is 0 Å². The first-order chi connectivity index (χ1) is 9.58. The first kappa shape index (κ1) is 13.5. The van der Waals surface area contributed by atoms with Gasteiger partial charge in [-0.1, -0.05) is 18.2 Å². The second kappa shape index (κ2) is 5.83.